The van der Waals surface area contributed by atoms with Crippen LogP contribution in [0, 0.1) is 10.1 Å². The molecule has 2 aromatic heterocycles. The van der Waals surface area contributed by atoms with Crippen molar-refractivity contribution in [1.29, 1.82) is 0 Å². The number of anilines is 1. The fourth-order valence-corrected chi connectivity index (χ4v) is 5.10. The molecular weight excluding hydrogens is 400 g/mol. The maximum atomic E-state index is 12.5. The Bertz CT molecular complexity index is 929. The van der Waals surface area contributed by atoms with E-state index in [0.717, 1.165) is 53.9 Å². The summed E-state index contributed by atoms with van der Waals surface area (Å²) in [5.41, 5.74) is 1.46. The minimum absolute atomic E-state index is 0.0200. The summed E-state index contributed by atoms with van der Waals surface area (Å²) in [6.45, 7) is 2.03. The SMILES string of the molecule is CCOC(=O)c1c(NC(=O)C=Cc2ccc([N+](=O)[O-])s2)sc2c1CCCCC2. The number of fused-ring (bicyclic) bond motifs is 1. The minimum Gasteiger partial charge on any atom is -0.462 e. The van der Waals surface area contributed by atoms with Crippen molar-refractivity contribution in [3.05, 3.63) is 49.2 Å². The second-order valence-electron chi connectivity index (χ2n) is 6.24. The molecule has 0 radical (unpaired) electrons. The van der Waals surface area contributed by atoms with E-state index in [1.807, 2.05) is 0 Å². The first-order chi connectivity index (χ1) is 13.5. The Balaban J connectivity index is 1.80. The Morgan fingerprint density at radius 3 is 2.75 bits per heavy atom. The van der Waals surface area contributed by atoms with Gasteiger partial charge in [-0.25, -0.2) is 4.79 Å². The first-order valence-corrected chi connectivity index (χ1v) is 10.7. The Morgan fingerprint density at radius 2 is 2.04 bits per heavy atom. The van der Waals surface area contributed by atoms with Gasteiger partial charge in [-0.05, 0) is 50.3 Å². The second kappa shape index (κ2) is 9.11. The molecule has 1 N–H and O–H groups in total. The van der Waals surface area contributed by atoms with Crippen LogP contribution in [-0.2, 0) is 22.4 Å². The molecule has 1 amide bonds. The van der Waals surface area contributed by atoms with Crippen LogP contribution in [0.15, 0.2) is 18.2 Å². The van der Waals surface area contributed by atoms with Gasteiger partial charge in [0.15, 0.2) is 0 Å². The Hall–Kier alpha value is -2.52. The summed E-state index contributed by atoms with van der Waals surface area (Å²) >= 11 is 2.43. The standard InChI is InChI=1S/C19H20N2O5S2/c1-2-26-19(23)17-13-6-4-3-5-7-14(13)28-18(17)20-15(22)10-8-12-9-11-16(27-12)21(24)25/h8-11H,2-7H2,1H3,(H,20,22). The molecule has 0 fully saturated rings. The molecule has 148 valence electrons. The van der Waals surface area contributed by atoms with Crippen LogP contribution < -0.4 is 5.32 Å². The number of nitrogens with one attached hydrogen (secondary N) is 1. The van der Waals surface area contributed by atoms with E-state index in [-0.39, 0.29) is 11.6 Å². The van der Waals surface area contributed by atoms with Gasteiger partial charge in [-0.3, -0.25) is 14.9 Å². The summed E-state index contributed by atoms with van der Waals surface area (Å²) < 4.78 is 5.21. The molecule has 0 saturated carbocycles. The first kappa shape index (κ1) is 20.2. The number of hydrogen-bond donors (Lipinski definition) is 1. The molecule has 2 aromatic rings. The van der Waals surface area contributed by atoms with E-state index >= 15 is 0 Å². The summed E-state index contributed by atoms with van der Waals surface area (Å²) in [4.78, 5) is 36.9. The second-order valence-corrected chi connectivity index (χ2v) is 8.44. The summed E-state index contributed by atoms with van der Waals surface area (Å²) in [7, 11) is 0. The number of carbonyl (C=O) groups excluding carboxylic acids is 2. The highest BCUT2D eigenvalue weighted by molar-refractivity contribution is 7.17. The third-order valence-corrected chi connectivity index (χ3v) is 6.54. The fraction of sp³-hybridized carbons (Fsp3) is 0.368. The number of esters is 1. The highest BCUT2D eigenvalue weighted by Gasteiger charge is 2.26. The van der Waals surface area contributed by atoms with Gasteiger partial charge in [0.1, 0.15) is 5.00 Å². The van der Waals surface area contributed by atoms with Gasteiger partial charge in [0.2, 0.25) is 5.91 Å². The lowest BCUT2D eigenvalue weighted by atomic mass is 10.1. The van der Waals surface area contributed by atoms with E-state index in [1.165, 1.54) is 29.6 Å². The first-order valence-electron chi connectivity index (χ1n) is 9.04. The molecule has 0 atom stereocenters. The number of rotatable bonds is 6. The van der Waals surface area contributed by atoms with E-state index in [9.17, 15) is 19.7 Å². The largest absolute Gasteiger partial charge is 0.462 e. The van der Waals surface area contributed by atoms with E-state index in [0.29, 0.717) is 15.4 Å². The van der Waals surface area contributed by atoms with Gasteiger partial charge in [-0.2, -0.15) is 0 Å². The van der Waals surface area contributed by atoms with Gasteiger partial charge in [-0.15, -0.1) is 11.3 Å². The number of hydrogen-bond acceptors (Lipinski definition) is 7. The average molecular weight is 421 g/mol. The lowest BCUT2D eigenvalue weighted by Crippen LogP contribution is -2.13. The fourth-order valence-electron chi connectivity index (χ4n) is 3.09. The van der Waals surface area contributed by atoms with Gasteiger partial charge in [0.25, 0.3) is 0 Å². The molecule has 3 rings (SSSR count). The average Bonchev–Trinajstić information content (AvgIpc) is 3.19. The highest BCUT2D eigenvalue weighted by Crippen LogP contribution is 2.38. The molecule has 28 heavy (non-hydrogen) atoms. The van der Waals surface area contributed by atoms with Crippen LogP contribution >= 0.6 is 22.7 Å². The van der Waals surface area contributed by atoms with Gasteiger partial charge in [0.05, 0.1) is 17.1 Å². The van der Waals surface area contributed by atoms with E-state index in [2.05, 4.69) is 5.32 Å². The lowest BCUT2D eigenvalue weighted by Gasteiger charge is -2.07. The molecule has 1 aliphatic rings. The van der Waals surface area contributed by atoms with E-state index in [4.69, 9.17) is 4.74 Å². The zero-order chi connectivity index (χ0) is 20.1. The third kappa shape index (κ3) is 4.66. The lowest BCUT2D eigenvalue weighted by molar-refractivity contribution is -0.380. The number of ether oxygens (including phenoxy) is 1. The van der Waals surface area contributed by atoms with Crippen molar-refractivity contribution in [3.8, 4) is 0 Å². The van der Waals surface area contributed by atoms with Gasteiger partial charge in [0, 0.05) is 21.9 Å². The number of amides is 1. The van der Waals surface area contributed by atoms with Crippen molar-refractivity contribution < 1.29 is 19.2 Å². The number of aryl methyl sites for hydroxylation is 1. The zero-order valence-electron chi connectivity index (χ0n) is 15.4. The Labute approximate surface area is 170 Å². The van der Waals surface area contributed by atoms with Crippen LogP contribution in [-0.4, -0.2) is 23.4 Å². The monoisotopic (exact) mass is 420 g/mol. The molecule has 1 aliphatic carbocycles. The van der Waals surface area contributed by atoms with Crippen LogP contribution in [0.25, 0.3) is 6.08 Å². The van der Waals surface area contributed by atoms with Crippen molar-refractivity contribution in [2.24, 2.45) is 0 Å². The van der Waals surface area contributed by atoms with Crippen molar-refractivity contribution in [1.82, 2.24) is 0 Å². The third-order valence-electron chi connectivity index (χ3n) is 4.33. The summed E-state index contributed by atoms with van der Waals surface area (Å²) in [5.74, 6) is -0.798. The topological polar surface area (TPSA) is 98.5 Å². The molecule has 9 heteroatoms. The number of thiophene rings is 2. The number of carbonyl (C=O) groups is 2. The maximum Gasteiger partial charge on any atom is 0.341 e. The van der Waals surface area contributed by atoms with Crippen molar-refractivity contribution in [2.75, 3.05) is 11.9 Å². The number of nitrogens with zero attached hydrogens (tertiary/aromatic N) is 1. The summed E-state index contributed by atoms with van der Waals surface area (Å²) in [5, 5.41) is 14.1. The van der Waals surface area contributed by atoms with Crippen molar-refractivity contribution in [2.45, 2.75) is 39.0 Å². The smallest absolute Gasteiger partial charge is 0.341 e. The van der Waals surface area contributed by atoms with Gasteiger partial charge < -0.3 is 10.1 Å². The number of nitro groups is 1. The Morgan fingerprint density at radius 1 is 1.25 bits per heavy atom. The maximum absolute atomic E-state index is 12.5. The molecule has 2 heterocycles. The summed E-state index contributed by atoms with van der Waals surface area (Å²) in [6, 6.07) is 2.99. The van der Waals surface area contributed by atoms with Crippen molar-refractivity contribution in [3.63, 3.8) is 0 Å². The van der Waals surface area contributed by atoms with Crippen LogP contribution in [0.2, 0.25) is 0 Å². The van der Waals surface area contributed by atoms with Crippen LogP contribution in [0.1, 0.15) is 51.9 Å². The van der Waals surface area contributed by atoms with Crippen LogP contribution in [0.3, 0.4) is 0 Å². The predicted octanol–water partition coefficient (Wildman–Crippen LogP) is 4.82. The van der Waals surface area contributed by atoms with Gasteiger partial charge in [-0.1, -0.05) is 17.8 Å². The molecule has 0 spiro atoms. The van der Waals surface area contributed by atoms with Crippen molar-refractivity contribution >= 4 is 50.6 Å². The van der Waals surface area contributed by atoms with Crippen LogP contribution in [0.4, 0.5) is 10.0 Å². The van der Waals surface area contributed by atoms with Gasteiger partial charge >= 0.3 is 11.0 Å². The quantitative estimate of drug-likeness (QED) is 0.238. The highest BCUT2D eigenvalue weighted by atomic mass is 32.1. The Kier molecular flexibility index (Phi) is 6.58. The van der Waals surface area contributed by atoms with E-state index < -0.39 is 16.8 Å². The molecular formula is C19H20N2O5S2. The van der Waals surface area contributed by atoms with E-state index in [1.54, 1.807) is 13.0 Å². The van der Waals surface area contributed by atoms with Crippen LogP contribution in [0.5, 0.6) is 0 Å². The zero-order valence-corrected chi connectivity index (χ0v) is 17.0. The molecule has 0 aromatic carbocycles. The predicted molar refractivity (Wildman–Crippen MR) is 110 cm³/mol. The molecule has 0 aliphatic heterocycles. The minimum atomic E-state index is -0.466. The molecule has 7 nitrogen and oxygen atoms in total. The molecule has 0 unspecified atom stereocenters. The normalized spacial score (nSPS) is 13.8. The summed E-state index contributed by atoms with van der Waals surface area (Å²) in [6.07, 6.45) is 7.76. The molecule has 0 bridgehead atoms. The molecule has 0 saturated heterocycles.